The number of anilines is 1. The van der Waals surface area contributed by atoms with Gasteiger partial charge in [0.1, 0.15) is 17.4 Å². The zero-order valence-electron chi connectivity index (χ0n) is 18.1. The highest BCUT2D eigenvalue weighted by Crippen LogP contribution is 2.33. The van der Waals surface area contributed by atoms with Gasteiger partial charge in [-0.25, -0.2) is 13.6 Å². The number of carbonyl (C=O) groups is 1. The van der Waals surface area contributed by atoms with E-state index in [-0.39, 0.29) is 11.8 Å². The summed E-state index contributed by atoms with van der Waals surface area (Å²) in [6.45, 7) is 3.66. The van der Waals surface area contributed by atoms with Crippen molar-refractivity contribution in [3.05, 3.63) is 58.6 Å². The van der Waals surface area contributed by atoms with E-state index >= 15 is 0 Å². The summed E-state index contributed by atoms with van der Waals surface area (Å²) in [5, 5.41) is 3.21. The molecule has 2 aromatic rings. The first-order chi connectivity index (χ1) is 15.4. The molecule has 0 bridgehead atoms. The first kappa shape index (κ1) is 22.8. The van der Waals surface area contributed by atoms with Gasteiger partial charge in [-0.15, -0.1) is 0 Å². The van der Waals surface area contributed by atoms with Crippen molar-refractivity contribution in [1.29, 1.82) is 0 Å². The van der Waals surface area contributed by atoms with Crippen LogP contribution in [-0.4, -0.2) is 48.6 Å². The summed E-state index contributed by atoms with van der Waals surface area (Å²) in [5.74, 6) is -0.411. The Bertz CT molecular complexity index is 962. The van der Waals surface area contributed by atoms with E-state index in [1.807, 2.05) is 18.2 Å². The summed E-state index contributed by atoms with van der Waals surface area (Å²) in [5.41, 5.74) is 1.08. The molecule has 2 aliphatic rings. The zero-order valence-corrected chi connectivity index (χ0v) is 18.9. The normalized spacial score (nSPS) is 20.6. The first-order valence-corrected chi connectivity index (χ1v) is 11.4. The minimum Gasteiger partial charge on any atom is -0.490 e. The van der Waals surface area contributed by atoms with Crippen molar-refractivity contribution in [3.8, 4) is 5.75 Å². The van der Waals surface area contributed by atoms with E-state index in [0.29, 0.717) is 12.5 Å². The highest BCUT2D eigenvalue weighted by atomic mass is 35.5. The molecule has 0 unspecified atom stereocenters. The van der Waals surface area contributed by atoms with Gasteiger partial charge in [0.15, 0.2) is 0 Å². The summed E-state index contributed by atoms with van der Waals surface area (Å²) in [6, 6.07) is 8.54. The van der Waals surface area contributed by atoms with Crippen molar-refractivity contribution in [3.63, 3.8) is 0 Å². The fourth-order valence-corrected chi connectivity index (χ4v) is 4.53. The Labute approximate surface area is 192 Å². The molecule has 1 aliphatic carbocycles. The summed E-state index contributed by atoms with van der Waals surface area (Å²) < 4.78 is 32.8. The lowest BCUT2D eigenvalue weighted by Gasteiger charge is -2.37. The third-order valence-corrected chi connectivity index (χ3v) is 6.52. The van der Waals surface area contributed by atoms with Gasteiger partial charge < -0.3 is 15.0 Å². The van der Waals surface area contributed by atoms with Crippen LogP contribution in [0.3, 0.4) is 0 Å². The van der Waals surface area contributed by atoms with Crippen LogP contribution >= 0.6 is 11.6 Å². The standard InChI is InChI=1S/C24H28ClF2N3O2/c1-29(24(31)28-23-7-5-18(26)12-22(23)27)14-16-10-20(11-16)32-19-6-4-17(21(25)13-19)15-30-8-2-3-9-30/h4-7,12-13,16,20H,2-3,8-11,14-15H2,1H3,(H,28,31). The van der Waals surface area contributed by atoms with Crippen molar-refractivity contribution >= 4 is 23.3 Å². The van der Waals surface area contributed by atoms with Crippen LogP contribution in [0.5, 0.6) is 5.75 Å². The molecule has 4 rings (SSSR count). The Hall–Kier alpha value is -2.38. The average molecular weight is 464 g/mol. The highest BCUT2D eigenvalue weighted by Gasteiger charge is 2.32. The molecule has 1 heterocycles. The van der Waals surface area contributed by atoms with E-state index in [0.717, 1.165) is 60.9 Å². The average Bonchev–Trinajstić information content (AvgIpc) is 3.23. The Morgan fingerprint density at radius 2 is 1.94 bits per heavy atom. The topological polar surface area (TPSA) is 44.8 Å². The van der Waals surface area contributed by atoms with Gasteiger partial charge in [0, 0.05) is 31.2 Å². The van der Waals surface area contributed by atoms with Crippen molar-refractivity contribution in [1.82, 2.24) is 9.80 Å². The monoisotopic (exact) mass is 463 g/mol. The molecule has 0 spiro atoms. The molecule has 0 atom stereocenters. The molecule has 172 valence electrons. The molecule has 1 aliphatic heterocycles. The number of nitrogens with one attached hydrogen (secondary N) is 1. The van der Waals surface area contributed by atoms with Gasteiger partial charge in [0.2, 0.25) is 0 Å². The molecular weight excluding hydrogens is 436 g/mol. The van der Waals surface area contributed by atoms with Crippen LogP contribution < -0.4 is 10.1 Å². The summed E-state index contributed by atoms with van der Waals surface area (Å²) in [7, 11) is 1.66. The summed E-state index contributed by atoms with van der Waals surface area (Å²) >= 11 is 6.47. The fourth-order valence-electron chi connectivity index (χ4n) is 4.30. The van der Waals surface area contributed by atoms with Crippen LogP contribution in [0.25, 0.3) is 0 Å². The zero-order chi connectivity index (χ0) is 22.7. The maximum Gasteiger partial charge on any atom is 0.321 e. The molecule has 1 saturated heterocycles. The highest BCUT2D eigenvalue weighted by molar-refractivity contribution is 6.31. The second-order valence-corrected chi connectivity index (χ2v) is 9.16. The van der Waals surface area contributed by atoms with E-state index in [1.165, 1.54) is 23.8 Å². The molecule has 0 radical (unpaired) electrons. The molecule has 32 heavy (non-hydrogen) atoms. The van der Waals surface area contributed by atoms with E-state index in [9.17, 15) is 13.6 Å². The number of urea groups is 1. The van der Waals surface area contributed by atoms with Crippen molar-refractivity contribution in [2.45, 2.75) is 38.3 Å². The van der Waals surface area contributed by atoms with Crippen LogP contribution in [0, 0.1) is 17.6 Å². The Morgan fingerprint density at radius 1 is 1.19 bits per heavy atom. The quantitative estimate of drug-likeness (QED) is 0.586. The van der Waals surface area contributed by atoms with Gasteiger partial charge in [-0.05, 0) is 74.5 Å². The second-order valence-electron chi connectivity index (χ2n) is 8.75. The van der Waals surface area contributed by atoms with Crippen LogP contribution in [0.2, 0.25) is 5.02 Å². The van der Waals surface area contributed by atoms with Gasteiger partial charge in [-0.1, -0.05) is 17.7 Å². The third kappa shape index (κ3) is 5.70. The number of benzene rings is 2. The van der Waals surface area contributed by atoms with E-state index in [4.69, 9.17) is 16.3 Å². The minimum atomic E-state index is -0.797. The van der Waals surface area contributed by atoms with E-state index < -0.39 is 17.7 Å². The van der Waals surface area contributed by atoms with E-state index in [2.05, 4.69) is 10.2 Å². The van der Waals surface area contributed by atoms with Gasteiger partial charge in [0.25, 0.3) is 0 Å². The molecule has 2 amide bonds. The fraction of sp³-hybridized carbons (Fsp3) is 0.458. The lowest BCUT2D eigenvalue weighted by molar-refractivity contribution is 0.0532. The number of carbonyl (C=O) groups excluding carboxylic acids is 1. The first-order valence-electron chi connectivity index (χ1n) is 11.0. The summed E-state index contributed by atoms with van der Waals surface area (Å²) in [4.78, 5) is 16.2. The molecule has 8 heteroatoms. The lowest BCUT2D eigenvalue weighted by atomic mass is 9.82. The smallest absolute Gasteiger partial charge is 0.321 e. The SMILES string of the molecule is CN(CC1CC(Oc2ccc(CN3CCCC3)c(Cl)c2)C1)C(=O)Nc1ccc(F)cc1F. The van der Waals surface area contributed by atoms with Crippen molar-refractivity contribution < 1.29 is 18.3 Å². The van der Waals surface area contributed by atoms with Gasteiger partial charge in [-0.2, -0.15) is 0 Å². The number of amides is 2. The predicted octanol–water partition coefficient (Wildman–Crippen LogP) is 5.54. The number of hydrogen-bond acceptors (Lipinski definition) is 3. The number of ether oxygens (including phenoxy) is 1. The van der Waals surface area contributed by atoms with E-state index in [1.54, 1.807) is 7.05 Å². The second kappa shape index (κ2) is 10.0. The minimum absolute atomic E-state index is 0.0388. The number of nitrogens with zero attached hydrogens (tertiary/aromatic N) is 2. The van der Waals surface area contributed by atoms with Crippen molar-refractivity contribution in [2.24, 2.45) is 5.92 Å². The molecular formula is C24H28ClF2N3O2. The number of hydrogen-bond donors (Lipinski definition) is 1. The van der Waals surface area contributed by atoms with Crippen LogP contribution in [-0.2, 0) is 6.54 Å². The molecule has 1 N–H and O–H groups in total. The molecule has 1 saturated carbocycles. The Morgan fingerprint density at radius 3 is 2.62 bits per heavy atom. The Balaban J connectivity index is 1.21. The van der Waals surface area contributed by atoms with Crippen LogP contribution in [0.4, 0.5) is 19.3 Å². The largest absolute Gasteiger partial charge is 0.490 e. The summed E-state index contributed by atoms with van der Waals surface area (Å²) in [6.07, 6.45) is 4.25. The van der Waals surface area contributed by atoms with Crippen molar-refractivity contribution in [2.75, 3.05) is 32.0 Å². The number of rotatable bonds is 7. The molecule has 5 nitrogen and oxygen atoms in total. The number of halogens is 3. The Kier molecular flexibility index (Phi) is 7.16. The maximum absolute atomic E-state index is 13.7. The predicted molar refractivity (Wildman–Crippen MR) is 121 cm³/mol. The lowest BCUT2D eigenvalue weighted by Crippen LogP contribution is -2.43. The molecule has 2 fully saturated rings. The molecule has 2 aromatic carbocycles. The van der Waals surface area contributed by atoms with Gasteiger partial charge in [-0.3, -0.25) is 4.90 Å². The van der Waals surface area contributed by atoms with Gasteiger partial charge in [0.05, 0.1) is 11.8 Å². The third-order valence-electron chi connectivity index (χ3n) is 6.16. The maximum atomic E-state index is 13.7. The van der Waals surface area contributed by atoms with Crippen LogP contribution in [0.15, 0.2) is 36.4 Å². The number of likely N-dealkylation sites (tertiary alicyclic amines) is 1. The van der Waals surface area contributed by atoms with Crippen LogP contribution in [0.1, 0.15) is 31.2 Å². The van der Waals surface area contributed by atoms with Gasteiger partial charge >= 0.3 is 6.03 Å². The molecule has 0 aromatic heterocycles.